The molecule has 0 atom stereocenters. The van der Waals surface area contributed by atoms with Gasteiger partial charge in [-0.25, -0.2) is 4.98 Å². The minimum absolute atomic E-state index is 0.0118. The first kappa shape index (κ1) is 23.7. The number of hydrazone groups is 1. The average molecular weight is 514 g/mol. The zero-order valence-electron chi connectivity index (χ0n) is 18.2. The van der Waals surface area contributed by atoms with Crippen molar-refractivity contribution in [1.29, 1.82) is 0 Å². The van der Waals surface area contributed by atoms with Gasteiger partial charge in [0.15, 0.2) is 11.5 Å². The Morgan fingerprint density at radius 2 is 1.76 bits per heavy atom. The second-order valence-corrected chi connectivity index (χ2v) is 10.0. The Bertz CT molecular complexity index is 1420. The molecule has 0 saturated carbocycles. The maximum absolute atomic E-state index is 12.6. The molecule has 1 heterocycles. The van der Waals surface area contributed by atoms with E-state index in [1.54, 1.807) is 18.3 Å². The van der Waals surface area contributed by atoms with Crippen LogP contribution in [0.15, 0.2) is 82.1 Å². The molecule has 0 radical (unpaired) electrons. The molecule has 174 valence electrons. The number of nitrogens with one attached hydrogen (secondary N) is 1. The molecule has 10 heteroatoms. The van der Waals surface area contributed by atoms with E-state index < -0.39 is 10.1 Å². The van der Waals surface area contributed by atoms with Gasteiger partial charge in [-0.1, -0.05) is 41.4 Å². The number of thiazole rings is 1. The van der Waals surface area contributed by atoms with E-state index in [1.165, 1.54) is 54.3 Å². The van der Waals surface area contributed by atoms with Gasteiger partial charge in [-0.15, -0.1) is 11.3 Å². The number of anilines is 1. The van der Waals surface area contributed by atoms with Gasteiger partial charge in [-0.3, -0.25) is 5.43 Å². The van der Waals surface area contributed by atoms with E-state index in [9.17, 15) is 8.42 Å². The van der Waals surface area contributed by atoms with E-state index in [4.69, 9.17) is 20.5 Å². The maximum atomic E-state index is 12.6. The number of methoxy groups -OCH3 is 1. The Kier molecular flexibility index (Phi) is 7.16. The highest BCUT2D eigenvalue weighted by molar-refractivity contribution is 7.87. The highest BCUT2D eigenvalue weighted by Gasteiger charge is 2.19. The topological polar surface area (TPSA) is 89.9 Å². The van der Waals surface area contributed by atoms with Crippen LogP contribution >= 0.6 is 22.9 Å². The van der Waals surface area contributed by atoms with Crippen molar-refractivity contribution in [2.24, 2.45) is 5.10 Å². The average Bonchev–Trinajstić information content (AvgIpc) is 3.29. The third-order valence-corrected chi connectivity index (χ3v) is 6.96. The zero-order valence-corrected chi connectivity index (χ0v) is 20.6. The van der Waals surface area contributed by atoms with Crippen LogP contribution in [0.5, 0.6) is 11.5 Å². The fraction of sp³-hybridized carbons (Fsp3) is 0.0833. The van der Waals surface area contributed by atoms with Gasteiger partial charge in [0.2, 0.25) is 5.13 Å². The minimum atomic E-state index is -4.04. The van der Waals surface area contributed by atoms with Gasteiger partial charge in [0.25, 0.3) is 0 Å². The van der Waals surface area contributed by atoms with Crippen molar-refractivity contribution >= 4 is 44.4 Å². The third-order valence-electron chi connectivity index (χ3n) is 4.71. The fourth-order valence-electron chi connectivity index (χ4n) is 2.94. The zero-order chi connectivity index (χ0) is 24.1. The van der Waals surface area contributed by atoms with Crippen molar-refractivity contribution in [3.8, 4) is 22.8 Å². The monoisotopic (exact) mass is 513 g/mol. The van der Waals surface area contributed by atoms with Crippen molar-refractivity contribution < 1.29 is 17.3 Å². The number of aryl methyl sites for hydroxylation is 1. The van der Waals surface area contributed by atoms with Gasteiger partial charge in [0.05, 0.1) is 19.0 Å². The van der Waals surface area contributed by atoms with E-state index in [0.717, 1.165) is 11.3 Å². The molecule has 0 saturated heterocycles. The lowest BCUT2D eigenvalue weighted by Crippen LogP contribution is -2.10. The molecule has 3 aromatic carbocycles. The van der Waals surface area contributed by atoms with Gasteiger partial charge < -0.3 is 8.92 Å². The van der Waals surface area contributed by atoms with Gasteiger partial charge >= 0.3 is 10.1 Å². The predicted octanol–water partition coefficient (Wildman–Crippen LogP) is 5.99. The molecular weight excluding hydrogens is 494 g/mol. The van der Waals surface area contributed by atoms with Gasteiger partial charge in [0.1, 0.15) is 4.90 Å². The van der Waals surface area contributed by atoms with Crippen LogP contribution in [0.1, 0.15) is 11.1 Å². The van der Waals surface area contributed by atoms with Crippen LogP contribution < -0.4 is 14.3 Å². The van der Waals surface area contributed by atoms with Crippen molar-refractivity contribution in [2.45, 2.75) is 11.8 Å². The molecule has 0 fully saturated rings. The molecule has 34 heavy (non-hydrogen) atoms. The van der Waals surface area contributed by atoms with E-state index >= 15 is 0 Å². The maximum Gasteiger partial charge on any atom is 0.339 e. The van der Waals surface area contributed by atoms with Gasteiger partial charge in [0, 0.05) is 16.0 Å². The Balaban J connectivity index is 1.44. The summed E-state index contributed by atoms with van der Waals surface area (Å²) in [4.78, 5) is 4.53. The number of ether oxygens (including phenoxy) is 1. The second-order valence-electron chi connectivity index (χ2n) is 7.18. The summed E-state index contributed by atoms with van der Waals surface area (Å²) in [5.41, 5.74) is 6.68. The van der Waals surface area contributed by atoms with Crippen LogP contribution in [0.2, 0.25) is 5.02 Å². The molecule has 4 aromatic rings. The van der Waals surface area contributed by atoms with Crippen LogP contribution in [-0.4, -0.2) is 26.7 Å². The van der Waals surface area contributed by atoms with Gasteiger partial charge in [-0.2, -0.15) is 13.5 Å². The number of rotatable bonds is 8. The molecule has 0 spiro atoms. The first-order valence-corrected chi connectivity index (χ1v) is 12.7. The normalized spacial score (nSPS) is 11.5. The van der Waals surface area contributed by atoms with E-state index in [1.807, 2.05) is 36.6 Å². The largest absolute Gasteiger partial charge is 0.493 e. The quantitative estimate of drug-likeness (QED) is 0.177. The Morgan fingerprint density at radius 3 is 2.47 bits per heavy atom. The summed E-state index contributed by atoms with van der Waals surface area (Å²) in [5, 5.41) is 7.25. The molecule has 0 bridgehead atoms. The number of hydrogen-bond acceptors (Lipinski definition) is 8. The highest BCUT2D eigenvalue weighted by atomic mass is 35.5. The van der Waals surface area contributed by atoms with Crippen LogP contribution in [0.3, 0.4) is 0 Å². The Morgan fingerprint density at radius 1 is 1.03 bits per heavy atom. The number of aromatic nitrogens is 1. The third kappa shape index (κ3) is 5.74. The van der Waals surface area contributed by atoms with Crippen LogP contribution in [0, 0.1) is 6.92 Å². The lowest BCUT2D eigenvalue weighted by molar-refractivity contribution is 0.390. The first-order chi connectivity index (χ1) is 16.3. The lowest BCUT2D eigenvalue weighted by atomic mass is 10.1. The van der Waals surface area contributed by atoms with Crippen molar-refractivity contribution in [1.82, 2.24) is 4.98 Å². The molecule has 1 aromatic heterocycles. The molecule has 0 aliphatic rings. The molecule has 7 nitrogen and oxygen atoms in total. The summed E-state index contributed by atoms with van der Waals surface area (Å²) < 4.78 is 35.7. The summed E-state index contributed by atoms with van der Waals surface area (Å²) in [6.07, 6.45) is 1.58. The summed E-state index contributed by atoms with van der Waals surface area (Å²) in [6.45, 7) is 2.04. The lowest BCUT2D eigenvalue weighted by Gasteiger charge is -2.11. The molecule has 0 aliphatic carbocycles. The van der Waals surface area contributed by atoms with Crippen molar-refractivity contribution in [3.05, 3.63) is 88.3 Å². The fourth-order valence-corrected chi connectivity index (χ4v) is 4.68. The Hall–Kier alpha value is -3.40. The highest BCUT2D eigenvalue weighted by Crippen LogP contribution is 2.31. The van der Waals surface area contributed by atoms with Gasteiger partial charge in [-0.05, 0) is 55.0 Å². The predicted molar refractivity (Wildman–Crippen MR) is 136 cm³/mol. The minimum Gasteiger partial charge on any atom is -0.493 e. The second kappa shape index (κ2) is 10.3. The molecule has 0 unspecified atom stereocenters. The summed E-state index contributed by atoms with van der Waals surface area (Å²) >= 11 is 7.27. The summed E-state index contributed by atoms with van der Waals surface area (Å²) in [7, 11) is -2.61. The van der Waals surface area contributed by atoms with E-state index in [2.05, 4.69) is 15.5 Å². The summed E-state index contributed by atoms with van der Waals surface area (Å²) in [5.74, 6) is 0.308. The molecule has 0 amide bonds. The standard InChI is InChI=1S/C24H20ClN3O4S2/c1-16-3-6-18(7-4-16)21-15-33-24(27-21)28-26-14-17-5-12-22(23(13-17)31-2)32-34(29,30)20-10-8-19(25)9-11-20/h3-15H,1-2H3,(H,27,28)/b26-14-. The van der Waals surface area contributed by atoms with Crippen LogP contribution in [0.4, 0.5) is 5.13 Å². The SMILES string of the molecule is COc1cc(/C=N\Nc2nc(-c3ccc(C)cc3)cs2)ccc1OS(=O)(=O)c1ccc(Cl)cc1. The van der Waals surface area contributed by atoms with Crippen molar-refractivity contribution in [2.75, 3.05) is 12.5 Å². The number of hydrogen-bond donors (Lipinski definition) is 1. The smallest absolute Gasteiger partial charge is 0.339 e. The summed E-state index contributed by atoms with van der Waals surface area (Å²) in [6, 6.07) is 18.6. The molecule has 0 aliphatic heterocycles. The number of halogens is 1. The van der Waals surface area contributed by atoms with E-state index in [-0.39, 0.29) is 16.4 Å². The van der Waals surface area contributed by atoms with E-state index in [0.29, 0.717) is 15.7 Å². The molecule has 1 N–H and O–H groups in total. The first-order valence-electron chi connectivity index (χ1n) is 10.0. The number of benzene rings is 3. The van der Waals surface area contributed by atoms with Crippen LogP contribution in [-0.2, 0) is 10.1 Å². The molecule has 4 rings (SSSR count). The molecular formula is C24H20ClN3O4S2. The number of nitrogens with zero attached hydrogens (tertiary/aromatic N) is 2. The Labute approximate surface area is 206 Å². The van der Waals surface area contributed by atoms with Crippen molar-refractivity contribution in [3.63, 3.8) is 0 Å². The van der Waals surface area contributed by atoms with Crippen LogP contribution in [0.25, 0.3) is 11.3 Å².